The van der Waals surface area contributed by atoms with Gasteiger partial charge >= 0.3 is 0 Å². The second kappa shape index (κ2) is 9.36. The molecule has 0 aromatic carbocycles. The lowest BCUT2D eigenvalue weighted by Gasteiger charge is -2.16. The minimum absolute atomic E-state index is 0.294. The van der Waals surface area contributed by atoms with Crippen molar-refractivity contribution in [3.8, 4) is 11.8 Å². The fourth-order valence-electron chi connectivity index (χ4n) is 1.59. The van der Waals surface area contributed by atoms with E-state index >= 15 is 0 Å². The maximum absolute atomic E-state index is 13.2. The molecule has 0 heterocycles. The predicted molar refractivity (Wildman–Crippen MR) is 74.7 cm³/mol. The summed E-state index contributed by atoms with van der Waals surface area (Å²) < 4.78 is 26.4. The highest BCUT2D eigenvalue weighted by Gasteiger charge is 2.31. The first-order valence-electron chi connectivity index (χ1n) is 7.19. The number of halogens is 2. The summed E-state index contributed by atoms with van der Waals surface area (Å²) in [6.07, 6.45) is 6.47. The Bertz CT molecular complexity index is 256. The van der Waals surface area contributed by atoms with Crippen LogP contribution in [0.4, 0.5) is 8.78 Å². The van der Waals surface area contributed by atoms with E-state index in [9.17, 15) is 8.78 Å². The fourth-order valence-corrected chi connectivity index (χ4v) is 1.59. The minimum Gasteiger partial charge on any atom is -0.206 e. The third-order valence-corrected chi connectivity index (χ3v) is 3.13. The summed E-state index contributed by atoms with van der Waals surface area (Å²) in [5, 5.41) is 0. The van der Waals surface area contributed by atoms with E-state index < -0.39 is 11.8 Å². The molecule has 0 fully saturated rings. The van der Waals surface area contributed by atoms with Crippen molar-refractivity contribution in [3.05, 3.63) is 0 Å². The lowest BCUT2D eigenvalue weighted by molar-refractivity contribution is -0.0393. The Kier molecular flexibility index (Phi) is 9.06. The molecule has 0 nitrogen and oxygen atoms in total. The number of hydrogen-bond donors (Lipinski definition) is 0. The van der Waals surface area contributed by atoms with Gasteiger partial charge in [0.2, 0.25) is 0 Å². The third kappa shape index (κ3) is 9.45. The zero-order valence-corrected chi connectivity index (χ0v) is 12.4. The zero-order valence-electron chi connectivity index (χ0n) is 12.4. The first-order chi connectivity index (χ1) is 8.36. The van der Waals surface area contributed by atoms with E-state index in [2.05, 4.69) is 25.7 Å². The fraction of sp³-hybridized carbons (Fsp3) is 0.875. The molecule has 0 bridgehead atoms. The summed E-state index contributed by atoms with van der Waals surface area (Å²) in [4.78, 5) is 0. The van der Waals surface area contributed by atoms with Crippen LogP contribution in [-0.2, 0) is 0 Å². The molecular formula is C16H28F2. The average Bonchev–Trinajstić information content (AvgIpc) is 2.26. The summed E-state index contributed by atoms with van der Waals surface area (Å²) in [6.45, 7) is 7.55. The summed E-state index contributed by atoms with van der Waals surface area (Å²) in [5.41, 5.74) is 0. The summed E-state index contributed by atoms with van der Waals surface area (Å²) in [6, 6.07) is 0. The molecule has 0 aliphatic heterocycles. The van der Waals surface area contributed by atoms with Crippen molar-refractivity contribution >= 4 is 0 Å². The summed E-state index contributed by atoms with van der Waals surface area (Å²) in [7, 11) is 0. The molecule has 0 aromatic rings. The van der Waals surface area contributed by atoms with Gasteiger partial charge in [0.15, 0.2) is 0 Å². The molecule has 0 aromatic heterocycles. The molecule has 0 aliphatic carbocycles. The standard InChI is InChI=1S/C16H28F2/c1-14(2)12-10-8-6-5-7-9-11-13-16(17,18)15(3)4/h14-15H,5-8,10,12-13H2,1-4H3. The molecule has 0 aliphatic rings. The molecule has 0 amide bonds. The molecule has 18 heavy (non-hydrogen) atoms. The van der Waals surface area contributed by atoms with Crippen molar-refractivity contribution in [1.82, 2.24) is 0 Å². The van der Waals surface area contributed by atoms with Crippen LogP contribution in [-0.4, -0.2) is 5.92 Å². The minimum atomic E-state index is -2.63. The van der Waals surface area contributed by atoms with Gasteiger partial charge in [-0.1, -0.05) is 59.3 Å². The highest BCUT2D eigenvalue weighted by atomic mass is 19.3. The molecule has 0 radical (unpaired) electrons. The van der Waals surface area contributed by atoms with E-state index in [1.54, 1.807) is 0 Å². The average molecular weight is 258 g/mol. The Hall–Kier alpha value is -0.580. The van der Waals surface area contributed by atoms with Crippen molar-refractivity contribution in [1.29, 1.82) is 0 Å². The monoisotopic (exact) mass is 258 g/mol. The Morgan fingerprint density at radius 2 is 1.50 bits per heavy atom. The highest BCUT2D eigenvalue weighted by molar-refractivity contribution is 5.02. The molecule has 0 unspecified atom stereocenters. The van der Waals surface area contributed by atoms with Gasteiger partial charge in [0.05, 0.1) is 6.42 Å². The molecule has 0 saturated carbocycles. The lowest BCUT2D eigenvalue weighted by Crippen LogP contribution is -2.22. The largest absolute Gasteiger partial charge is 0.261 e. The smallest absolute Gasteiger partial charge is 0.206 e. The van der Waals surface area contributed by atoms with E-state index in [-0.39, 0.29) is 6.42 Å². The van der Waals surface area contributed by atoms with E-state index in [1.807, 2.05) is 0 Å². The lowest BCUT2D eigenvalue weighted by atomic mass is 10.0. The molecule has 0 N–H and O–H groups in total. The van der Waals surface area contributed by atoms with Crippen LogP contribution in [0, 0.1) is 23.7 Å². The van der Waals surface area contributed by atoms with Gasteiger partial charge in [-0.3, -0.25) is 0 Å². The maximum atomic E-state index is 13.2. The molecule has 0 spiro atoms. The van der Waals surface area contributed by atoms with Gasteiger partial charge in [0.1, 0.15) is 0 Å². The second-order valence-corrected chi connectivity index (χ2v) is 5.79. The van der Waals surface area contributed by atoms with Crippen molar-refractivity contribution in [3.63, 3.8) is 0 Å². The van der Waals surface area contributed by atoms with Gasteiger partial charge in [0.25, 0.3) is 5.92 Å². The van der Waals surface area contributed by atoms with Crippen LogP contribution >= 0.6 is 0 Å². The molecular weight excluding hydrogens is 230 g/mol. The van der Waals surface area contributed by atoms with Gasteiger partial charge in [-0.2, -0.15) is 0 Å². The van der Waals surface area contributed by atoms with Gasteiger partial charge in [-0.15, -0.1) is 5.92 Å². The van der Waals surface area contributed by atoms with E-state index in [0.717, 1.165) is 18.8 Å². The van der Waals surface area contributed by atoms with E-state index in [0.29, 0.717) is 0 Å². The summed E-state index contributed by atoms with van der Waals surface area (Å²) >= 11 is 0. The first-order valence-corrected chi connectivity index (χ1v) is 7.19. The topological polar surface area (TPSA) is 0 Å². The molecule has 0 atom stereocenters. The van der Waals surface area contributed by atoms with Crippen LogP contribution in [0.15, 0.2) is 0 Å². The number of alkyl halides is 2. The normalized spacial score (nSPS) is 11.8. The Morgan fingerprint density at radius 1 is 0.889 bits per heavy atom. The van der Waals surface area contributed by atoms with Crippen LogP contribution in [0.25, 0.3) is 0 Å². The van der Waals surface area contributed by atoms with Crippen LogP contribution in [0.3, 0.4) is 0 Å². The highest BCUT2D eigenvalue weighted by Crippen LogP contribution is 2.26. The van der Waals surface area contributed by atoms with Crippen LogP contribution in [0.2, 0.25) is 0 Å². The third-order valence-electron chi connectivity index (χ3n) is 3.13. The van der Waals surface area contributed by atoms with Gasteiger partial charge < -0.3 is 0 Å². The maximum Gasteiger partial charge on any atom is 0.261 e. The number of rotatable bonds is 8. The quantitative estimate of drug-likeness (QED) is 0.389. The van der Waals surface area contributed by atoms with Crippen molar-refractivity contribution in [2.45, 2.75) is 78.6 Å². The van der Waals surface area contributed by atoms with E-state index in [1.165, 1.54) is 39.5 Å². The van der Waals surface area contributed by atoms with Gasteiger partial charge in [0, 0.05) is 12.3 Å². The van der Waals surface area contributed by atoms with Crippen molar-refractivity contribution in [2.75, 3.05) is 0 Å². The molecule has 0 saturated heterocycles. The first kappa shape index (κ1) is 17.4. The zero-order chi connectivity index (χ0) is 14.0. The molecule has 0 rings (SSSR count). The number of unbranched alkanes of at least 4 members (excludes halogenated alkanes) is 4. The SMILES string of the molecule is CC(C)CCCCCCC#CCC(F)(F)C(C)C. The Balaban J connectivity index is 3.50. The second-order valence-electron chi connectivity index (χ2n) is 5.79. The van der Waals surface area contributed by atoms with Gasteiger partial charge in [-0.25, -0.2) is 8.78 Å². The van der Waals surface area contributed by atoms with Gasteiger partial charge in [-0.05, 0) is 12.3 Å². The van der Waals surface area contributed by atoms with Crippen LogP contribution in [0.1, 0.15) is 72.6 Å². The van der Waals surface area contributed by atoms with Crippen molar-refractivity contribution in [2.24, 2.45) is 11.8 Å². The number of hydrogen-bond acceptors (Lipinski definition) is 0. The predicted octanol–water partition coefficient (Wildman–Crippen LogP) is 5.67. The molecule has 2 heteroatoms. The Labute approximate surface area is 112 Å². The van der Waals surface area contributed by atoms with Crippen molar-refractivity contribution < 1.29 is 8.78 Å². The van der Waals surface area contributed by atoms with Crippen LogP contribution < -0.4 is 0 Å². The van der Waals surface area contributed by atoms with Crippen LogP contribution in [0.5, 0.6) is 0 Å². The Morgan fingerprint density at radius 3 is 2.06 bits per heavy atom. The van der Waals surface area contributed by atoms with E-state index in [4.69, 9.17) is 0 Å². The summed E-state index contributed by atoms with van der Waals surface area (Å²) in [5.74, 6) is 3.01. The molecule has 106 valence electrons.